The van der Waals surface area contributed by atoms with Crippen molar-refractivity contribution in [2.24, 2.45) is 0 Å². The lowest BCUT2D eigenvalue weighted by Crippen LogP contribution is -2.45. The highest BCUT2D eigenvalue weighted by Crippen LogP contribution is 2.27. The van der Waals surface area contributed by atoms with Gasteiger partial charge in [-0.1, -0.05) is 24.6 Å². The number of amides is 1. The number of anilines is 1. The van der Waals surface area contributed by atoms with Gasteiger partial charge in [-0.2, -0.15) is 4.31 Å². The quantitative estimate of drug-likeness (QED) is 0.844. The van der Waals surface area contributed by atoms with Crippen LogP contribution in [0.5, 0.6) is 0 Å². The van der Waals surface area contributed by atoms with Crippen LogP contribution < -0.4 is 5.32 Å². The van der Waals surface area contributed by atoms with E-state index in [1.54, 1.807) is 18.2 Å². The molecule has 1 N–H and O–H groups in total. The van der Waals surface area contributed by atoms with E-state index in [2.05, 4.69) is 5.32 Å². The van der Waals surface area contributed by atoms with Crippen molar-refractivity contribution >= 4 is 21.6 Å². The fourth-order valence-electron chi connectivity index (χ4n) is 3.23. The van der Waals surface area contributed by atoms with Crippen molar-refractivity contribution in [1.82, 2.24) is 4.31 Å². The number of hydrogen-bond donors (Lipinski definition) is 1. The first kappa shape index (κ1) is 19.4. The van der Waals surface area contributed by atoms with Crippen LogP contribution in [0.2, 0.25) is 0 Å². The summed E-state index contributed by atoms with van der Waals surface area (Å²) in [5.74, 6) is -2.13. The van der Waals surface area contributed by atoms with E-state index in [0.717, 1.165) is 25.0 Å². The van der Waals surface area contributed by atoms with Gasteiger partial charge in [0.1, 0.15) is 11.6 Å². The maximum atomic E-state index is 13.7. The molecule has 27 heavy (non-hydrogen) atoms. The van der Waals surface area contributed by atoms with Gasteiger partial charge in [0, 0.05) is 25.1 Å². The Bertz CT molecular complexity index is 920. The highest BCUT2D eigenvalue weighted by molar-refractivity contribution is 7.89. The van der Waals surface area contributed by atoms with Gasteiger partial charge in [0.15, 0.2) is 0 Å². The second kappa shape index (κ2) is 8.14. The van der Waals surface area contributed by atoms with Crippen LogP contribution >= 0.6 is 0 Å². The molecular weight excluding hydrogens is 374 g/mol. The molecule has 0 aliphatic carbocycles. The van der Waals surface area contributed by atoms with Crippen molar-refractivity contribution in [2.75, 3.05) is 11.9 Å². The van der Waals surface area contributed by atoms with E-state index in [1.165, 1.54) is 16.4 Å². The zero-order chi connectivity index (χ0) is 19.4. The van der Waals surface area contributed by atoms with Crippen LogP contribution in [0.15, 0.2) is 53.4 Å². The largest absolute Gasteiger partial charge is 0.324 e. The minimum atomic E-state index is -3.71. The summed E-state index contributed by atoms with van der Waals surface area (Å²) in [5.41, 5.74) is -0.130. The highest BCUT2D eigenvalue weighted by atomic mass is 32.2. The molecule has 0 spiro atoms. The molecule has 1 aliphatic heterocycles. The summed E-state index contributed by atoms with van der Waals surface area (Å²) in [6.07, 6.45) is 1.98. The van der Waals surface area contributed by atoms with Gasteiger partial charge >= 0.3 is 0 Å². The van der Waals surface area contributed by atoms with Gasteiger partial charge in [0.25, 0.3) is 0 Å². The number of carbonyl (C=O) groups is 1. The Balaban J connectivity index is 1.75. The molecule has 1 atom stereocenters. The van der Waals surface area contributed by atoms with Crippen LogP contribution in [-0.2, 0) is 14.8 Å². The van der Waals surface area contributed by atoms with Crippen LogP contribution in [0.25, 0.3) is 0 Å². The Hall–Kier alpha value is -2.32. The molecule has 0 unspecified atom stereocenters. The SMILES string of the molecule is O=C(C[C@@H]1CCCCN1S(=O)(=O)c1ccccc1)Nc1ccc(F)cc1F. The Morgan fingerprint density at radius 2 is 1.85 bits per heavy atom. The third kappa shape index (κ3) is 4.51. The minimum Gasteiger partial charge on any atom is -0.324 e. The second-order valence-electron chi connectivity index (χ2n) is 6.45. The number of benzene rings is 2. The predicted molar refractivity (Wildman–Crippen MR) is 97.6 cm³/mol. The lowest BCUT2D eigenvalue weighted by Gasteiger charge is -2.34. The van der Waals surface area contributed by atoms with Crippen LogP contribution in [-0.4, -0.2) is 31.2 Å². The number of rotatable bonds is 5. The lowest BCUT2D eigenvalue weighted by molar-refractivity contribution is -0.117. The Labute approximate surface area is 157 Å². The Morgan fingerprint density at radius 1 is 1.11 bits per heavy atom. The fraction of sp³-hybridized carbons (Fsp3) is 0.316. The monoisotopic (exact) mass is 394 g/mol. The molecule has 1 fully saturated rings. The first-order valence-corrected chi connectivity index (χ1v) is 10.1. The van der Waals surface area contributed by atoms with Crippen molar-refractivity contribution < 1.29 is 22.0 Å². The van der Waals surface area contributed by atoms with Crippen LogP contribution in [0.3, 0.4) is 0 Å². The maximum Gasteiger partial charge on any atom is 0.243 e. The van der Waals surface area contributed by atoms with Crippen LogP contribution in [0.1, 0.15) is 25.7 Å². The van der Waals surface area contributed by atoms with Gasteiger partial charge in [-0.15, -0.1) is 0 Å². The summed E-state index contributed by atoms with van der Waals surface area (Å²) in [6, 6.07) is 10.4. The fourth-order valence-corrected chi connectivity index (χ4v) is 4.94. The first-order chi connectivity index (χ1) is 12.9. The average Bonchev–Trinajstić information content (AvgIpc) is 2.65. The van der Waals surface area contributed by atoms with Gasteiger partial charge in [0.05, 0.1) is 10.6 Å². The zero-order valence-corrected chi connectivity index (χ0v) is 15.4. The molecule has 8 heteroatoms. The smallest absolute Gasteiger partial charge is 0.243 e. The second-order valence-corrected chi connectivity index (χ2v) is 8.35. The van der Waals surface area contributed by atoms with Crippen molar-refractivity contribution in [3.63, 3.8) is 0 Å². The zero-order valence-electron chi connectivity index (χ0n) is 14.6. The summed E-state index contributed by atoms with van der Waals surface area (Å²) in [7, 11) is -3.71. The van der Waals surface area contributed by atoms with E-state index in [1.807, 2.05) is 0 Å². The average molecular weight is 394 g/mol. The molecule has 144 valence electrons. The first-order valence-electron chi connectivity index (χ1n) is 8.70. The van der Waals surface area contributed by atoms with Gasteiger partial charge in [0.2, 0.25) is 15.9 Å². The van der Waals surface area contributed by atoms with Crippen molar-refractivity contribution in [2.45, 2.75) is 36.6 Å². The summed E-state index contributed by atoms with van der Waals surface area (Å²) >= 11 is 0. The molecule has 2 aromatic carbocycles. The molecule has 1 saturated heterocycles. The minimum absolute atomic E-state index is 0.0944. The molecule has 0 saturated carbocycles. The third-order valence-electron chi connectivity index (χ3n) is 4.55. The van der Waals surface area contributed by atoms with Gasteiger partial charge in [-0.25, -0.2) is 17.2 Å². The van der Waals surface area contributed by atoms with E-state index < -0.39 is 33.6 Å². The summed E-state index contributed by atoms with van der Waals surface area (Å²) in [4.78, 5) is 12.5. The normalized spacial score (nSPS) is 18.2. The Kier molecular flexibility index (Phi) is 5.86. The molecule has 3 rings (SSSR count). The molecule has 2 aromatic rings. The van der Waals surface area contributed by atoms with Gasteiger partial charge in [-0.3, -0.25) is 4.79 Å². The number of nitrogens with zero attached hydrogens (tertiary/aromatic N) is 1. The molecular formula is C19H20F2N2O3S. The predicted octanol–water partition coefficient (Wildman–Crippen LogP) is 3.54. The Morgan fingerprint density at radius 3 is 2.56 bits per heavy atom. The molecule has 0 aromatic heterocycles. The van der Waals surface area contributed by atoms with Crippen molar-refractivity contribution in [3.8, 4) is 0 Å². The van der Waals surface area contributed by atoms with Crippen LogP contribution in [0.4, 0.5) is 14.5 Å². The molecule has 0 radical (unpaired) electrons. The molecule has 1 amide bonds. The molecule has 1 heterocycles. The topological polar surface area (TPSA) is 66.5 Å². The van der Waals surface area contributed by atoms with E-state index in [0.29, 0.717) is 19.0 Å². The molecule has 5 nitrogen and oxygen atoms in total. The van der Waals surface area contributed by atoms with Gasteiger partial charge < -0.3 is 5.32 Å². The van der Waals surface area contributed by atoms with E-state index in [9.17, 15) is 22.0 Å². The summed E-state index contributed by atoms with van der Waals surface area (Å²) in [5, 5.41) is 2.39. The highest BCUT2D eigenvalue weighted by Gasteiger charge is 2.34. The van der Waals surface area contributed by atoms with Crippen molar-refractivity contribution in [3.05, 3.63) is 60.2 Å². The summed E-state index contributed by atoms with van der Waals surface area (Å²) in [6.45, 7) is 0.333. The lowest BCUT2D eigenvalue weighted by atomic mass is 10.0. The van der Waals surface area contributed by atoms with Crippen molar-refractivity contribution in [1.29, 1.82) is 0 Å². The number of piperidine rings is 1. The van der Waals surface area contributed by atoms with Crippen LogP contribution in [0, 0.1) is 11.6 Å². The van der Waals surface area contributed by atoms with Gasteiger partial charge in [-0.05, 0) is 37.1 Å². The number of nitrogens with one attached hydrogen (secondary N) is 1. The van der Waals surface area contributed by atoms with E-state index >= 15 is 0 Å². The molecule has 1 aliphatic rings. The number of sulfonamides is 1. The standard InChI is InChI=1S/C19H20F2N2O3S/c20-14-9-10-18(17(21)12-14)22-19(24)13-15-6-4-5-11-23(15)27(25,26)16-7-2-1-3-8-16/h1-3,7-10,12,15H,4-6,11,13H2,(H,22,24)/t15-/m0/s1. The van der Waals surface area contributed by atoms with E-state index in [-0.39, 0.29) is 17.0 Å². The summed E-state index contributed by atoms with van der Waals surface area (Å²) < 4.78 is 53.9. The third-order valence-corrected chi connectivity index (χ3v) is 6.52. The maximum absolute atomic E-state index is 13.7. The number of carbonyl (C=O) groups excluding carboxylic acids is 1. The number of halogens is 2. The molecule has 0 bridgehead atoms. The van der Waals surface area contributed by atoms with E-state index in [4.69, 9.17) is 0 Å². The number of hydrogen-bond acceptors (Lipinski definition) is 3.